The number of aliphatic hydroxyl groups excluding tert-OH is 10. The van der Waals surface area contributed by atoms with E-state index >= 15 is 0 Å². The van der Waals surface area contributed by atoms with Crippen LogP contribution in [0.5, 0.6) is 0 Å². The second-order valence-corrected chi connectivity index (χ2v) is 13.2. The van der Waals surface area contributed by atoms with Crippen LogP contribution in [0, 0.1) is 0 Å². The molecule has 3 aliphatic heterocycles. The van der Waals surface area contributed by atoms with Crippen LogP contribution in [0.2, 0.25) is 0 Å². The maximum atomic E-state index is 12.3. The largest absolute Gasteiger partial charge is 0.480 e. The zero-order valence-electron chi connectivity index (χ0n) is 29.4. The van der Waals surface area contributed by atoms with Gasteiger partial charge in [-0.25, -0.2) is 0 Å². The van der Waals surface area contributed by atoms with Crippen molar-refractivity contribution in [1.82, 2.24) is 10.6 Å². The number of rotatable bonds is 21. The van der Waals surface area contributed by atoms with E-state index in [1.165, 1.54) is 0 Å². The summed E-state index contributed by atoms with van der Waals surface area (Å²) in [5, 5.41) is 117. The Bertz CT molecular complexity index is 1160. The van der Waals surface area contributed by atoms with Crippen molar-refractivity contribution >= 4 is 17.8 Å². The van der Waals surface area contributed by atoms with Crippen LogP contribution in [0.25, 0.3) is 0 Å². The van der Waals surface area contributed by atoms with E-state index in [-0.39, 0.29) is 44.2 Å². The van der Waals surface area contributed by atoms with Gasteiger partial charge in [0.15, 0.2) is 18.9 Å². The van der Waals surface area contributed by atoms with Gasteiger partial charge in [-0.3, -0.25) is 14.4 Å². The molecule has 54 heavy (non-hydrogen) atoms. The molecule has 3 saturated heterocycles. The van der Waals surface area contributed by atoms with Gasteiger partial charge in [-0.05, 0) is 19.3 Å². The Morgan fingerprint density at radius 3 is 1.76 bits per heavy atom. The molecule has 0 aromatic carbocycles. The van der Waals surface area contributed by atoms with Crippen molar-refractivity contribution in [3.05, 3.63) is 0 Å². The first kappa shape index (κ1) is 46.1. The predicted molar refractivity (Wildman–Crippen MR) is 174 cm³/mol. The number of carbonyl (C=O) groups excluding carboxylic acids is 2. The standard InChI is InChI=1S/C31H55N3O20/c32-13(28(47)48)5-6-18(38)33-7-3-1-2-4-17(37)34-8-9-49-30-26(46)27(54-31-25(45)23(43)20(40)15(11-36)52-31)21(41)16(53-30)12-50-29-24(44)22(42)19(39)14(10-35)51-29/h13-16,19-27,29-31,35-36,39-46H,1-12,32H2,(H,33,38)(H,34,37)(H,47,48)/t13-,14+,15+,16+,19+,20+,21+,22-,23-,24-,25-,26-,27-,29-,30-,31+/m0/s1. The van der Waals surface area contributed by atoms with Gasteiger partial charge in [0.05, 0.1) is 26.4 Å². The van der Waals surface area contributed by atoms with Crippen LogP contribution < -0.4 is 16.4 Å². The lowest BCUT2D eigenvalue weighted by atomic mass is 9.96. The zero-order valence-corrected chi connectivity index (χ0v) is 29.4. The zero-order chi connectivity index (χ0) is 40.1. The van der Waals surface area contributed by atoms with Crippen molar-refractivity contribution in [2.45, 2.75) is 137 Å². The Morgan fingerprint density at radius 1 is 0.611 bits per heavy atom. The Morgan fingerprint density at radius 2 is 1.15 bits per heavy atom. The molecule has 23 heteroatoms. The second kappa shape index (κ2) is 22.5. The molecule has 16 atom stereocenters. The highest BCUT2D eigenvalue weighted by atomic mass is 16.7. The third-order valence-corrected chi connectivity index (χ3v) is 9.16. The molecular formula is C31H55N3O20. The Hall–Kier alpha value is -2.27. The van der Waals surface area contributed by atoms with Gasteiger partial charge in [-0.1, -0.05) is 6.42 Å². The molecule has 3 fully saturated rings. The predicted octanol–water partition coefficient (Wildman–Crippen LogP) is -7.56. The lowest BCUT2D eigenvalue weighted by molar-refractivity contribution is -0.366. The number of aliphatic hydroxyl groups is 10. The van der Waals surface area contributed by atoms with Crippen molar-refractivity contribution in [3.63, 3.8) is 0 Å². The maximum Gasteiger partial charge on any atom is 0.320 e. The van der Waals surface area contributed by atoms with Gasteiger partial charge in [0, 0.05) is 25.9 Å². The first-order valence-corrected chi connectivity index (χ1v) is 17.6. The minimum atomic E-state index is -1.91. The summed E-state index contributed by atoms with van der Waals surface area (Å²) in [7, 11) is 0. The highest BCUT2D eigenvalue weighted by Crippen LogP contribution is 2.31. The van der Waals surface area contributed by atoms with Gasteiger partial charge in [0.25, 0.3) is 0 Å². The number of unbranched alkanes of at least 4 members (excludes halogenated alkanes) is 2. The molecule has 3 rings (SSSR count). The molecule has 0 radical (unpaired) electrons. The fourth-order valence-electron chi connectivity index (χ4n) is 5.84. The van der Waals surface area contributed by atoms with Crippen LogP contribution in [0.1, 0.15) is 38.5 Å². The molecule has 0 aliphatic carbocycles. The Kier molecular flexibility index (Phi) is 19.2. The monoisotopic (exact) mass is 789 g/mol. The van der Waals surface area contributed by atoms with Gasteiger partial charge in [0.2, 0.25) is 11.8 Å². The maximum absolute atomic E-state index is 12.3. The Labute approximate surface area is 309 Å². The molecule has 0 aromatic heterocycles. The summed E-state index contributed by atoms with van der Waals surface area (Å²) in [6.45, 7) is -2.13. The normalized spacial score (nSPS) is 37.7. The number of carbonyl (C=O) groups is 3. The van der Waals surface area contributed by atoms with E-state index in [9.17, 15) is 65.4 Å². The average Bonchev–Trinajstić information content (AvgIpc) is 3.15. The lowest BCUT2D eigenvalue weighted by Gasteiger charge is -2.46. The number of hydrogen-bond donors (Lipinski definition) is 14. The molecule has 15 N–H and O–H groups in total. The summed E-state index contributed by atoms with van der Waals surface area (Å²) in [5.41, 5.74) is 5.37. The molecule has 2 amide bonds. The minimum Gasteiger partial charge on any atom is -0.480 e. The van der Waals surface area contributed by atoms with Crippen LogP contribution in [0.4, 0.5) is 0 Å². The molecule has 3 heterocycles. The topological polar surface area (TPSA) is 379 Å². The van der Waals surface area contributed by atoms with E-state index < -0.39 is 124 Å². The van der Waals surface area contributed by atoms with E-state index in [0.717, 1.165) is 0 Å². The summed E-state index contributed by atoms with van der Waals surface area (Å²) in [6.07, 6.45) is -23.4. The highest BCUT2D eigenvalue weighted by Gasteiger charge is 2.52. The lowest BCUT2D eigenvalue weighted by Crippen LogP contribution is -2.65. The molecule has 3 aliphatic rings. The molecular weight excluding hydrogens is 734 g/mol. The summed E-state index contributed by atoms with van der Waals surface area (Å²) in [6, 6.07) is -1.12. The van der Waals surface area contributed by atoms with Crippen molar-refractivity contribution in [3.8, 4) is 0 Å². The first-order chi connectivity index (χ1) is 25.6. The van der Waals surface area contributed by atoms with E-state index in [4.69, 9.17) is 39.3 Å². The van der Waals surface area contributed by atoms with Crippen molar-refractivity contribution in [2.75, 3.05) is 39.5 Å². The van der Waals surface area contributed by atoms with Crippen LogP contribution in [-0.2, 0) is 42.8 Å². The first-order valence-electron chi connectivity index (χ1n) is 17.6. The number of ether oxygens (including phenoxy) is 6. The SMILES string of the molecule is N[C@@H](CCC(=O)NCCCCCC(=O)NCCO[C@H]1O[C@H](CO[C@H]2O[C@H](CO)[C@@H](O)[C@H](O)[C@@H]2O)[C@@H](O)[C@H](O[C@H]2O[C@H](CO)[C@@H](O)[C@H](O)[C@@H]2O)[C@@H]1O)C(=O)O. The van der Waals surface area contributed by atoms with Crippen molar-refractivity contribution < 1.29 is 99.0 Å². The molecule has 0 saturated carbocycles. The average molecular weight is 790 g/mol. The molecule has 314 valence electrons. The van der Waals surface area contributed by atoms with Crippen LogP contribution in [0.15, 0.2) is 0 Å². The molecule has 0 bridgehead atoms. The molecule has 23 nitrogen and oxygen atoms in total. The second-order valence-electron chi connectivity index (χ2n) is 13.2. The van der Waals surface area contributed by atoms with Crippen LogP contribution in [0.3, 0.4) is 0 Å². The third-order valence-electron chi connectivity index (χ3n) is 9.16. The van der Waals surface area contributed by atoms with E-state index in [0.29, 0.717) is 25.8 Å². The molecule has 0 spiro atoms. The quantitative estimate of drug-likeness (QED) is 0.0480. The van der Waals surface area contributed by atoms with Gasteiger partial charge < -0.3 is 101 Å². The number of carboxylic acid groups (broad SMARTS) is 1. The summed E-state index contributed by atoms with van der Waals surface area (Å²) >= 11 is 0. The van der Waals surface area contributed by atoms with E-state index in [1.54, 1.807) is 0 Å². The Balaban J connectivity index is 1.52. The molecule has 0 unspecified atom stereocenters. The van der Waals surface area contributed by atoms with Gasteiger partial charge in [0.1, 0.15) is 79.3 Å². The number of carboxylic acids is 1. The number of nitrogens with two attached hydrogens (primary N) is 1. The van der Waals surface area contributed by atoms with Gasteiger partial charge in [-0.2, -0.15) is 0 Å². The summed E-state index contributed by atoms with van der Waals surface area (Å²) < 4.78 is 33.1. The van der Waals surface area contributed by atoms with Crippen LogP contribution >= 0.6 is 0 Å². The highest BCUT2D eigenvalue weighted by molar-refractivity contribution is 5.78. The minimum absolute atomic E-state index is 0.00981. The smallest absolute Gasteiger partial charge is 0.320 e. The molecule has 0 aromatic rings. The summed E-state index contributed by atoms with van der Waals surface area (Å²) in [5.74, 6) is -1.85. The number of amides is 2. The van der Waals surface area contributed by atoms with E-state index in [1.807, 2.05) is 0 Å². The van der Waals surface area contributed by atoms with Gasteiger partial charge >= 0.3 is 5.97 Å². The third kappa shape index (κ3) is 12.9. The number of nitrogens with one attached hydrogen (secondary N) is 2. The summed E-state index contributed by atoms with van der Waals surface area (Å²) in [4.78, 5) is 34.8. The number of hydrogen-bond acceptors (Lipinski definition) is 20. The van der Waals surface area contributed by atoms with E-state index in [2.05, 4.69) is 10.6 Å². The van der Waals surface area contributed by atoms with Crippen LogP contribution in [-0.4, -0.2) is 212 Å². The van der Waals surface area contributed by atoms with Gasteiger partial charge in [-0.15, -0.1) is 0 Å². The number of aliphatic carboxylic acids is 1. The van der Waals surface area contributed by atoms with Crippen molar-refractivity contribution in [2.24, 2.45) is 5.73 Å². The fourth-order valence-corrected chi connectivity index (χ4v) is 5.84. The van der Waals surface area contributed by atoms with Crippen molar-refractivity contribution in [1.29, 1.82) is 0 Å². The fraction of sp³-hybridized carbons (Fsp3) is 0.903.